The Labute approximate surface area is 235 Å². The van der Waals surface area contributed by atoms with Crippen molar-refractivity contribution in [3.05, 3.63) is 83.7 Å². The number of pyridine rings is 1. The molecular formula is C27H30F3N5O5S. The standard InChI is InChI=1S/C25H29N5O3S.C2HF3O2/c1-2-19-5-8-22(9-6-19)34(32,33)29-23-16-21(7-10-24(23)30-14-12-26-13-15-30)25(31)28-18-20-4-3-11-27-17-20;3-2(4,5)1(6)7/h3-11,16-17,26,29H,2,12-15,18H2,1H3,(H,28,31);(H,6,7). The molecule has 1 fully saturated rings. The summed E-state index contributed by atoms with van der Waals surface area (Å²) in [5.74, 6) is -3.05. The number of carboxylic acids is 1. The Morgan fingerprint density at radius 3 is 2.27 bits per heavy atom. The van der Waals surface area contributed by atoms with Crippen LogP contribution in [0.5, 0.6) is 0 Å². The van der Waals surface area contributed by atoms with Gasteiger partial charge in [0.15, 0.2) is 0 Å². The monoisotopic (exact) mass is 593 g/mol. The molecule has 1 aliphatic heterocycles. The van der Waals surface area contributed by atoms with E-state index >= 15 is 0 Å². The lowest BCUT2D eigenvalue weighted by atomic mass is 10.1. The summed E-state index contributed by atoms with van der Waals surface area (Å²) in [6, 6.07) is 15.7. The quantitative estimate of drug-likeness (QED) is 0.312. The van der Waals surface area contributed by atoms with Crippen molar-refractivity contribution in [2.24, 2.45) is 0 Å². The molecule has 10 nitrogen and oxygen atoms in total. The van der Waals surface area contributed by atoms with Gasteiger partial charge in [-0.2, -0.15) is 13.2 Å². The van der Waals surface area contributed by atoms with E-state index in [2.05, 4.69) is 25.2 Å². The summed E-state index contributed by atoms with van der Waals surface area (Å²) in [6.45, 7) is 5.44. The highest BCUT2D eigenvalue weighted by Crippen LogP contribution is 2.30. The fraction of sp³-hybridized carbons (Fsp3) is 0.296. The number of aryl methyl sites for hydroxylation is 1. The zero-order valence-electron chi connectivity index (χ0n) is 22.1. The molecule has 220 valence electrons. The number of amides is 1. The number of alkyl halides is 3. The van der Waals surface area contributed by atoms with E-state index in [4.69, 9.17) is 9.90 Å². The number of carbonyl (C=O) groups is 2. The van der Waals surface area contributed by atoms with Crippen LogP contribution < -0.4 is 20.3 Å². The predicted molar refractivity (Wildman–Crippen MR) is 147 cm³/mol. The van der Waals surface area contributed by atoms with E-state index in [0.717, 1.165) is 49.4 Å². The van der Waals surface area contributed by atoms with Gasteiger partial charge in [-0.15, -0.1) is 0 Å². The lowest BCUT2D eigenvalue weighted by Gasteiger charge is -2.31. The lowest BCUT2D eigenvalue weighted by molar-refractivity contribution is -0.192. The van der Waals surface area contributed by atoms with E-state index in [0.29, 0.717) is 17.8 Å². The molecule has 0 spiro atoms. The number of aromatic nitrogens is 1. The predicted octanol–water partition coefficient (Wildman–Crippen LogP) is 3.42. The Morgan fingerprint density at radius 2 is 1.71 bits per heavy atom. The highest BCUT2D eigenvalue weighted by Gasteiger charge is 2.38. The average molecular weight is 594 g/mol. The molecular weight excluding hydrogens is 563 g/mol. The SMILES string of the molecule is CCc1ccc(S(=O)(=O)Nc2cc(C(=O)NCc3cccnc3)ccc2N2CCNCC2)cc1.O=C(O)C(F)(F)F. The molecule has 1 aromatic heterocycles. The third kappa shape index (κ3) is 9.18. The number of sulfonamides is 1. The number of carbonyl (C=O) groups excluding carboxylic acids is 1. The van der Waals surface area contributed by atoms with Crippen LogP contribution in [-0.4, -0.2) is 62.7 Å². The first-order chi connectivity index (χ1) is 19.4. The number of aliphatic carboxylic acids is 1. The first-order valence-corrected chi connectivity index (χ1v) is 14.1. The maximum absolute atomic E-state index is 13.2. The van der Waals surface area contributed by atoms with E-state index in [1.807, 2.05) is 37.3 Å². The molecule has 0 radical (unpaired) electrons. The highest BCUT2D eigenvalue weighted by atomic mass is 32.2. The van der Waals surface area contributed by atoms with Gasteiger partial charge in [0.25, 0.3) is 15.9 Å². The molecule has 4 rings (SSSR count). The Bertz CT molecular complexity index is 1430. The van der Waals surface area contributed by atoms with Gasteiger partial charge < -0.3 is 20.6 Å². The molecule has 41 heavy (non-hydrogen) atoms. The van der Waals surface area contributed by atoms with Crippen LogP contribution in [-0.2, 0) is 27.8 Å². The van der Waals surface area contributed by atoms with Crippen molar-refractivity contribution in [2.75, 3.05) is 35.8 Å². The Kier molecular flexibility index (Phi) is 10.7. The molecule has 4 N–H and O–H groups in total. The van der Waals surface area contributed by atoms with Crippen molar-refractivity contribution in [3.63, 3.8) is 0 Å². The van der Waals surface area contributed by atoms with Crippen LogP contribution in [0.4, 0.5) is 24.5 Å². The number of benzene rings is 2. The van der Waals surface area contributed by atoms with Crippen molar-refractivity contribution < 1.29 is 36.3 Å². The van der Waals surface area contributed by atoms with Crippen molar-refractivity contribution in [3.8, 4) is 0 Å². The molecule has 1 saturated heterocycles. The minimum absolute atomic E-state index is 0.183. The maximum atomic E-state index is 13.2. The molecule has 14 heteroatoms. The van der Waals surface area contributed by atoms with Gasteiger partial charge in [0.05, 0.1) is 16.3 Å². The third-order valence-electron chi connectivity index (χ3n) is 6.02. The molecule has 2 aromatic carbocycles. The molecule has 0 bridgehead atoms. The first kappa shape index (κ1) is 31.4. The highest BCUT2D eigenvalue weighted by molar-refractivity contribution is 7.92. The van der Waals surface area contributed by atoms with E-state index < -0.39 is 22.2 Å². The number of rotatable bonds is 8. The second-order valence-corrected chi connectivity index (χ2v) is 10.6. The zero-order valence-corrected chi connectivity index (χ0v) is 22.9. The van der Waals surface area contributed by atoms with Gasteiger partial charge in [0.1, 0.15) is 0 Å². The average Bonchev–Trinajstić information content (AvgIpc) is 2.96. The van der Waals surface area contributed by atoms with E-state index in [-0.39, 0.29) is 10.8 Å². The van der Waals surface area contributed by atoms with Gasteiger partial charge in [0.2, 0.25) is 0 Å². The fourth-order valence-electron chi connectivity index (χ4n) is 3.84. The minimum Gasteiger partial charge on any atom is -0.475 e. The largest absolute Gasteiger partial charge is 0.490 e. The number of hydrogen-bond donors (Lipinski definition) is 4. The molecule has 2 heterocycles. The Hall–Kier alpha value is -4.17. The summed E-state index contributed by atoms with van der Waals surface area (Å²) in [5.41, 5.74) is 3.45. The van der Waals surface area contributed by atoms with Gasteiger partial charge >= 0.3 is 12.1 Å². The van der Waals surface area contributed by atoms with Crippen LogP contribution in [0.2, 0.25) is 0 Å². The topological polar surface area (TPSA) is 141 Å². The summed E-state index contributed by atoms with van der Waals surface area (Å²) in [7, 11) is -3.83. The van der Waals surface area contributed by atoms with E-state index in [1.165, 1.54) is 0 Å². The number of carboxylic acid groups (broad SMARTS) is 1. The molecule has 0 aliphatic carbocycles. The summed E-state index contributed by atoms with van der Waals surface area (Å²) >= 11 is 0. The van der Waals surface area contributed by atoms with Crippen molar-refractivity contribution in [1.29, 1.82) is 0 Å². The molecule has 1 amide bonds. The molecule has 0 unspecified atom stereocenters. The minimum atomic E-state index is -5.08. The summed E-state index contributed by atoms with van der Waals surface area (Å²) in [4.78, 5) is 28.1. The van der Waals surface area contributed by atoms with Crippen LogP contribution in [0.3, 0.4) is 0 Å². The van der Waals surface area contributed by atoms with Crippen LogP contribution in [0.1, 0.15) is 28.4 Å². The number of anilines is 2. The lowest BCUT2D eigenvalue weighted by Crippen LogP contribution is -2.43. The molecule has 3 aromatic rings. The summed E-state index contributed by atoms with van der Waals surface area (Å²) < 4.78 is 60.8. The van der Waals surface area contributed by atoms with Gasteiger partial charge in [-0.3, -0.25) is 14.5 Å². The molecule has 0 saturated carbocycles. The first-order valence-electron chi connectivity index (χ1n) is 12.6. The van der Waals surface area contributed by atoms with Crippen LogP contribution in [0, 0.1) is 0 Å². The summed E-state index contributed by atoms with van der Waals surface area (Å²) in [6.07, 6.45) is -0.886. The van der Waals surface area contributed by atoms with Crippen LogP contribution in [0.15, 0.2) is 71.9 Å². The van der Waals surface area contributed by atoms with Crippen molar-refractivity contribution in [1.82, 2.24) is 15.6 Å². The second-order valence-electron chi connectivity index (χ2n) is 8.92. The Balaban J connectivity index is 0.000000587. The number of nitrogens with one attached hydrogen (secondary N) is 3. The van der Waals surface area contributed by atoms with E-state index in [9.17, 15) is 26.4 Å². The maximum Gasteiger partial charge on any atom is 0.490 e. The normalized spacial score (nSPS) is 13.5. The number of nitrogens with zero attached hydrogens (tertiary/aromatic N) is 2. The number of piperazine rings is 1. The molecule has 1 aliphatic rings. The van der Waals surface area contributed by atoms with E-state index in [1.54, 1.807) is 36.7 Å². The van der Waals surface area contributed by atoms with Crippen LogP contribution in [0.25, 0.3) is 0 Å². The summed E-state index contributed by atoms with van der Waals surface area (Å²) in [5, 5.41) is 13.3. The number of halogens is 3. The number of hydrogen-bond acceptors (Lipinski definition) is 7. The second kappa shape index (κ2) is 13.9. The smallest absolute Gasteiger partial charge is 0.475 e. The molecule has 0 atom stereocenters. The van der Waals surface area contributed by atoms with Gasteiger partial charge in [-0.05, 0) is 53.9 Å². The Morgan fingerprint density at radius 1 is 1.05 bits per heavy atom. The van der Waals surface area contributed by atoms with Gasteiger partial charge in [0, 0.05) is 50.7 Å². The van der Waals surface area contributed by atoms with Crippen LogP contribution >= 0.6 is 0 Å². The van der Waals surface area contributed by atoms with Crippen molar-refractivity contribution in [2.45, 2.75) is 31.0 Å². The van der Waals surface area contributed by atoms with Gasteiger partial charge in [-0.1, -0.05) is 25.1 Å². The zero-order chi connectivity index (χ0) is 30.0. The van der Waals surface area contributed by atoms with Gasteiger partial charge in [-0.25, -0.2) is 13.2 Å². The van der Waals surface area contributed by atoms with Crippen molar-refractivity contribution >= 4 is 33.3 Å². The third-order valence-corrected chi connectivity index (χ3v) is 7.40. The fourth-order valence-corrected chi connectivity index (χ4v) is 4.90.